The number of hydrogen-bond donors (Lipinski definition) is 1. The molecule has 0 fully saturated rings. The number of carbonyl (C=O) groups excluding carboxylic acids is 1. The molecule has 0 heterocycles. The van der Waals surface area contributed by atoms with Crippen molar-refractivity contribution in [2.75, 3.05) is 4.72 Å². The van der Waals surface area contributed by atoms with Crippen LogP contribution in [-0.2, 0) is 10.0 Å². The lowest BCUT2D eigenvalue weighted by atomic mass is 10.2. The molecule has 0 bridgehead atoms. The summed E-state index contributed by atoms with van der Waals surface area (Å²) < 4.78 is 26.5. The highest BCUT2D eigenvalue weighted by atomic mass is 32.2. The summed E-state index contributed by atoms with van der Waals surface area (Å²) in [6, 6.07) is 6.43. The van der Waals surface area contributed by atoms with Gasteiger partial charge in [0.2, 0.25) is 0 Å². The molecule has 1 rings (SSSR count). The van der Waals surface area contributed by atoms with Gasteiger partial charge in [0.05, 0.1) is 10.6 Å². The number of rotatable bonds is 5. The van der Waals surface area contributed by atoms with Crippen LogP contribution in [0.2, 0.25) is 0 Å². The van der Waals surface area contributed by atoms with Gasteiger partial charge in [-0.3, -0.25) is 9.52 Å². The van der Waals surface area contributed by atoms with Crippen molar-refractivity contribution < 1.29 is 13.2 Å². The van der Waals surface area contributed by atoms with Crippen molar-refractivity contribution in [2.45, 2.75) is 13.8 Å². The lowest BCUT2D eigenvalue weighted by Crippen LogP contribution is -2.15. The molecule has 0 unspecified atom stereocenters. The molecule has 0 spiro atoms. The van der Waals surface area contributed by atoms with Crippen molar-refractivity contribution in [1.29, 1.82) is 0 Å². The summed E-state index contributed by atoms with van der Waals surface area (Å²) in [7, 11) is -3.65. The molecule has 4 nitrogen and oxygen atoms in total. The Hall–Kier alpha value is -1.88. The van der Waals surface area contributed by atoms with Gasteiger partial charge in [-0.1, -0.05) is 24.3 Å². The maximum absolute atomic E-state index is 12.0. The van der Waals surface area contributed by atoms with Gasteiger partial charge in [0, 0.05) is 5.56 Å². The third-order valence-electron chi connectivity index (χ3n) is 2.26. The van der Waals surface area contributed by atoms with Gasteiger partial charge in [-0.2, -0.15) is 0 Å². The zero-order valence-electron chi connectivity index (χ0n) is 10.3. The fourth-order valence-corrected chi connectivity index (χ4v) is 2.62. The summed E-state index contributed by atoms with van der Waals surface area (Å²) in [5.74, 6) is 0. The van der Waals surface area contributed by atoms with Crippen LogP contribution >= 0.6 is 0 Å². The molecule has 1 aromatic rings. The molecule has 5 heteroatoms. The number of sulfonamides is 1. The van der Waals surface area contributed by atoms with E-state index in [0.29, 0.717) is 11.8 Å². The van der Waals surface area contributed by atoms with E-state index < -0.39 is 10.0 Å². The topological polar surface area (TPSA) is 63.2 Å². The van der Waals surface area contributed by atoms with Crippen molar-refractivity contribution in [3.8, 4) is 0 Å². The second kappa shape index (κ2) is 6.16. The number of carbonyl (C=O) groups is 1. The summed E-state index contributed by atoms with van der Waals surface area (Å²) in [4.78, 5) is 11.0. The van der Waals surface area contributed by atoms with Crippen LogP contribution in [-0.4, -0.2) is 14.7 Å². The highest BCUT2D eigenvalue weighted by molar-refractivity contribution is 7.96. The Morgan fingerprint density at radius 2 is 1.89 bits per heavy atom. The number of aldehydes is 1. The van der Waals surface area contributed by atoms with E-state index in [2.05, 4.69) is 4.72 Å². The van der Waals surface area contributed by atoms with E-state index in [1.54, 1.807) is 44.2 Å². The van der Waals surface area contributed by atoms with Gasteiger partial charge in [-0.05, 0) is 32.1 Å². The minimum atomic E-state index is -3.65. The van der Waals surface area contributed by atoms with E-state index in [1.807, 2.05) is 0 Å². The van der Waals surface area contributed by atoms with E-state index in [0.717, 1.165) is 0 Å². The van der Waals surface area contributed by atoms with Crippen LogP contribution in [0.25, 0.3) is 0 Å². The van der Waals surface area contributed by atoms with E-state index >= 15 is 0 Å². The highest BCUT2D eigenvalue weighted by Crippen LogP contribution is 2.18. The van der Waals surface area contributed by atoms with Gasteiger partial charge >= 0.3 is 0 Å². The van der Waals surface area contributed by atoms with Crippen LogP contribution in [0.5, 0.6) is 0 Å². The minimum Gasteiger partial charge on any atom is -0.298 e. The second-order valence-electron chi connectivity index (χ2n) is 3.50. The van der Waals surface area contributed by atoms with Crippen LogP contribution in [0.1, 0.15) is 24.2 Å². The summed E-state index contributed by atoms with van der Waals surface area (Å²) in [6.45, 7) is 3.37. The SMILES string of the molecule is C/C=C\C(=C/C)S(=O)(=O)Nc1ccccc1C=O. The molecule has 18 heavy (non-hydrogen) atoms. The molecule has 96 valence electrons. The molecule has 1 aromatic carbocycles. The first-order valence-electron chi connectivity index (χ1n) is 5.41. The fraction of sp³-hybridized carbons (Fsp3) is 0.154. The van der Waals surface area contributed by atoms with Gasteiger partial charge in [0.1, 0.15) is 0 Å². The molecule has 0 aromatic heterocycles. The molecule has 0 saturated heterocycles. The number of nitrogens with one attached hydrogen (secondary N) is 1. The van der Waals surface area contributed by atoms with E-state index in [-0.39, 0.29) is 10.6 Å². The van der Waals surface area contributed by atoms with Gasteiger partial charge in [-0.15, -0.1) is 0 Å². The Morgan fingerprint density at radius 3 is 2.44 bits per heavy atom. The largest absolute Gasteiger partial charge is 0.298 e. The third-order valence-corrected chi connectivity index (χ3v) is 3.74. The molecular weight excluding hydrogens is 250 g/mol. The monoisotopic (exact) mass is 265 g/mol. The first kappa shape index (κ1) is 14.2. The maximum Gasteiger partial charge on any atom is 0.261 e. The van der Waals surface area contributed by atoms with Gasteiger partial charge < -0.3 is 0 Å². The molecule has 0 atom stereocenters. The van der Waals surface area contributed by atoms with Gasteiger partial charge in [0.15, 0.2) is 6.29 Å². The zero-order valence-corrected chi connectivity index (χ0v) is 11.1. The molecule has 0 aliphatic rings. The summed E-state index contributed by atoms with van der Waals surface area (Å²) >= 11 is 0. The second-order valence-corrected chi connectivity index (χ2v) is 5.18. The van der Waals surface area contributed by atoms with Crippen LogP contribution in [0, 0.1) is 0 Å². The van der Waals surface area contributed by atoms with Crippen molar-refractivity contribution in [3.05, 3.63) is 53.0 Å². The van der Waals surface area contributed by atoms with Crippen LogP contribution < -0.4 is 4.72 Å². The third kappa shape index (κ3) is 3.30. The smallest absolute Gasteiger partial charge is 0.261 e. The van der Waals surface area contributed by atoms with Crippen molar-refractivity contribution >= 4 is 22.0 Å². The molecule has 1 N–H and O–H groups in total. The first-order valence-corrected chi connectivity index (χ1v) is 6.89. The Bertz CT molecular complexity index is 586. The average Bonchev–Trinajstić information content (AvgIpc) is 2.35. The predicted octanol–water partition coefficient (Wildman–Crippen LogP) is 2.72. The van der Waals surface area contributed by atoms with E-state index in [4.69, 9.17) is 0 Å². The molecule has 0 saturated carbocycles. The van der Waals surface area contributed by atoms with Crippen LogP contribution in [0.4, 0.5) is 5.69 Å². The Morgan fingerprint density at radius 1 is 1.22 bits per heavy atom. The summed E-state index contributed by atoms with van der Waals surface area (Å²) in [5.41, 5.74) is 0.577. The standard InChI is InChI=1S/C13H15NO3S/c1-3-7-12(4-2)18(16,17)14-13-9-6-5-8-11(13)10-15/h3-10,14H,1-2H3/b7-3-,12-4+. The predicted molar refractivity (Wildman–Crippen MR) is 72.9 cm³/mol. The summed E-state index contributed by atoms with van der Waals surface area (Å²) in [6.07, 6.45) is 5.24. The van der Waals surface area contributed by atoms with E-state index in [9.17, 15) is 13.2 Å². The number of benzene rings is 1. The summed E-state index contributed by atoms with van der Waals surface area (Å²) in [5, 5.41) is 0. The Kier molecular flexibility index (Phi) is 4.85. The normalized spacial score (nSPS) is 12.7. The quantitative estimate of drug-likeness (QED) is 0.657. The minimum absolute atomic E-state index is 0.158. The fourth-order valence-electron chi connectivity index (χ4n) is 1.40. The number of allylic oxidation sites excluding steroid dienone is 3. The maximum atomic E-state index is 12.0. The average molecular weight is 265 g/mol. The van der Waals surface area contributed by atoms with Crippen molar-refractivity contribution in [3.63, 3.8) is 0 Å². The van der Waals surface area contributed by atoms with Gasteiger partial charge in [-0.25, -0.2) is 8.42 Å². The van der Waals surface area contributed by atoms with Crippen LogP contribution in [0.15, 0.2) is 47.4 Å². The zero-order chi connectivity index (χ0) is 13.6. The molecule has 0 amide bonds. The van der Waals surface area contributed by atoms with Crippen molar-refractivity contribution in [1.82, 2.24) is 0 Å². The Labute approximate surface area is 107 Å². The van der Waals surface area contributed by atoms with Crippen molar-refractivity contribution in [2.24, 2.45) is 0 Å². The molecule has 0 aliphatic heterocycles. The number of anilines is 1. The van der Waals surface area contributed by atoms with Crippen LogP contribution in [0.3, 0.4) is 0 Å². The highest BCUT2D eigenvalue weighted by Gasteiger charge is 2.15. The van der Waals surface area contributed by atoms with Gasteiger partial charge in [0.25, 0.3) is 10.0 Å². The lowest BCUT2D eigenvalue weighted by Gasteiger charge is -2.10. The Balaban J connectivity index is 3.13. The molecular formula is C13H15NO3S. The first-order chi connectivity index (χ1) is 8.55. The lowest BCUT2D eigenvalue weighted by molar-refractivity contribution is 0.112. The number of hydrogen-bond acceptors (Lipinski definition) is 3. The molecule has 0 radical (unpaired) electrons. The molecule has 0 aliphatic carbocycles. The van der Waals surface area contributed by atoms with E-state index in [1.165, 1.54) is 12.2 Å². The number of para-hydroxylation sites is 1.